The van der Waals surface area contributed by atoms with Crippen molar-refractivity contribution in [2.75, 3.05) is 17.7 Å². The van der Waals surface area contributed by atoms with E-state index in [4.69, 9.17) is 0 Å². The third-order valence-electron chi connectivity index (χ3n) is 8.34. The quantitative estimate of drug-likeness (QED) is 0.253. The summed E-state index contributed by atoms with van der Waals surface area (Å²) in [7, 11) is 1.99. The van der Waals surface area contributed by atoms with Crippen molar-refractivity contribution < 1.29 is 0 Å². The van der Waals surface area contributed by atoms with Crippen LogP contribution in [0, 0.1) is 5.92 Å². The van der Waals surface area contributed by atoms with Crippen LogP contribution in [0.5, 0.6) is 0 Å². The van der Waals surface area contributed by atoms with E-state index >= 15 is 0 Å². The molecule has 2 nitrogen and oxygen atoms in total. The van der Waals surface area contributed by atoms with E-state index in [9.17, 15) is 0 Å². The second-order valence-electron chi connectivity index (χ2n) is 10.9. The fourth-order valence-corrected chi connectivity index (χ4v) is 6.11. The van der Waals surface area contributed by atoms with Gasteiger partial charge < -0.3 is 10.6 Å². The Kier molecular flexibility index (Phi) is 6.70. The molecule has 0 fully saturated rings. The lowest BCUT2D eigenvalue weighted by molar-refractivity contribution is 0.583. The number of nitrogens with one attached hydrogen (secondary N) is 2. The molecule has 0 saturated carbocycles. The van der Waals surface area contributed by atoms with Crippen LogP contribution in [-0.4, -0.2) is 13.1 Å². The molecule has 4 aromatic rings. The highest BCUT2D eigenvalue weighted by Crippen LogP contribution is 2.38. The summed E-state index contributed by atoms with van der Waals surface area (Å²) in [6.45, 7) is 4.41. The summed E-state index contributed by atoms with van der Waals surface area (Å²) in [6, 6.07) is 26.6. The first-order valence-corrected chi connectivity index (χ1v) is 14.0. The molecule has 0 amide bonds. The molecule has 2 aliphatic rings. The zero-order chi connectivity index (χ0) is 26.8. The highest BCUT2D eigenvalue weighted by Gasteiger charge is 2.28. The Hall–Kier alpha value is -4.30. The first-order valence-electron chi connectivity index (χ1n) is 14.0. The Balaban J connectivity index is 1.32. The number of fused-ring (bicyclic) bond motifs is 3. The molecule has 0 saturated heterocycles. The molecule has 0 heterocycles. The maximum atomic E-state index is 3.87. The van der Waals surface area contributed by atoms with E-state index < -0.39 is 0 Å². The third-order valence-corrected chi connectivity index (χ3v) is 8.34. The average molecular weight is 509 g/mol. The number of rotatable bonds is 6. The summed E-state index contributed by atoms with van der Waals surface area (Å²) in [5.41, 5.74) is 6.32. The summed E-state index contributed by atoms with van der Waals surface area (Å²) in [5, 5.41) is 12.3. The third kappa shape index (κ3) is 4.72. The van der Waals surface area contributed by atoms with E-state index in [1.807, 2.05) is 7.05 Å². The molecule has 6 rings (SSSR count). The van der Waals surface area contributed by atoms with Crippen LogP contribution in [0.15, 0.2) is 127 Å². The van der Waals surface area contributed by atoms with Gasteiger partial charge in [-0.25, -0.2) is 0 Å². The average Bonchev–Trinajstić information content (AvgIpc) is 2.98. The zero-order valence-electron chi connectivity index (χ0n) is 23.0. The van der Waals surface area contributed by atoms with Gasteiger partial charge in [0, 0.05) is 35.1 Å². The molecule has 4 aromatic carbocycles. The van der Waals surface area contributed by atoms with Crippen LogP contribution in [-0.2, 0) is 5.41 Å². The summed E-state index contributed by atoms with van der Waals surface area (Å²) in [4.78, 5) is 0. The second-order valence-corrected chi connectivity index (χ2v) is 10.9. The molecule has 3 unspecified atom stereocenters. The van der Waals surface area contributed by atoms with Crippen molar-refractivity contribution in [2.24, 2.45) is 5.92 Å². The van der Waals surface area contributed by atoms with Gasteiger partial charge in [0.2, 0.25) is 0 Å². The lowest BCUT2D eigenvalue weighted by atomic mass is 9.73. The van der Waals surface area contributed by atoms with E-state index in [1.54, 1.807) is 0 Å². The molecule has 0 radical (unpaired) electrons. The van der Waals surface area contributed by atoms with Crippen LogP contribution in [0.2, 0.25) is 0 Å². The molecule has 2 heteroatoms. The van der Waals surface area contributed by atoms with Crippen LogP contribution in [0.25, 0.3) is 27.6 Å². The first kappa shape index (κ1) is 25.0. The number of benzene rings is 4. The number of hydrogen-bond acceptors (Lipinski definition) is 2. The van der Waals surface area contributed by atoms with E-state index in [0.29, 0.717) is 0 Å². The van der Waals surface area contributed by atoms with Crippen molar-refractivity contribution in [3.8, 4) is 0 Å². The predicted octanol–water partition coefficient (Wildman–Crippen LogP) is 9.43. The smallest absolute Gasteiger partial charge is 0.0550 e. The fourth-order valence-electron chi connectivity index (χ4n) is 6.11. The van der Waals surface area contributed by atoms with Crippen molar-refractivity contribution in [3.63, 3.8) is 0 Å². The van der Waals surface area contributed by atoms with Crippen molar-refractivity contribution in [3.05, 3.63) is 138 Å². The Labute approximate surface area is 232 Å². The van der Waals surface area contributed by atoms with Crippen molar-refractivity contribution in [1.82, 2.24) is 0 Å². The molecule has 0 bridgehead atoms. The van der Waals surface area contributed by atoms with Crippen molar-refractivity contribution >= 4 is 39.0 Å². The first-order chi connectivity index (χ1) is 19.1. The van der Waals surface area contributed by atoms with Crippen LogP contribution in [0.4, 0.5) is 11.4 Å². The molecular formula is C37H36N2. The zero-order valence-corrected chi connectivity index (χ0v) is 23.0. The molecule has 2 N–H and O–H groups in total. The summed E-state index contributed by atoms with van der Waals surface area (Å²) < 4.78 is 0. The van der Waals surface area contributed by atoms with Crippen LogP contribution in [0.3, 0.4) is 0 Å². The van der Waals surface area contributed by atoms with Gasteiger partial charge in [0.25, 0.3) is 0 Å². The van der Waals surface area contributed by atoms with Crippen molar-refractivity contribution in [2.45, 2.75) is 31.7 Å². The Morgan fingerprint density at radius 2 is 1.72 bits per heavy atom. The maximum absolute atomic E-state index is 3.87. The summed E-state index contributed by atoms with van der Waals surface area (Å²) in [6.07, 6.45) is 21.5. The van der Waals surface area contributed by atoms with Gasteiger partial charge in [-0.2, -0.15) is 0 Å². The predicted molar refractivity (Wildman–Crippen MR) is 171 cm³/mol. The normalized spacial score (nSPS) is 22.5. The highest BCUT2D eigenvalue weighted by atomic mass is 14.9. The number of allylic oxidation sites excluding steroid dienone is 6. The molecule has 0 aromatic heterocycles. The minimum absolute atomic E-state index is 0.0398. The minimum atomic E-state index is 0.0398. The standard InChI is InChI=1S/C37H36N2/c1-4-10-28-17-20-34(38-3)32-19-16-26-15-18-30(25-33(26)36(28)32)39-35-14-9-8-13-31(35)27-21-23-37(2,24-22-27)29-11-6-5-7-12-29/h4-23,25,31,35,38-39H,24H2,1-3H3/b10-4-. The Morgan fingerprint density at radius 1 is 0.897 bits per heavy atom. The molecule has 194 valence electrons. The fraction of sp³-hybridized carbons (Fsp3) is 0.189. The minimum Gasteiger partial charge on any atom is -0.388 e. The van der Waals surface area contributed by atoms with Gasteiger partial charge in [0.1, 0.15) is 0 Å². The van der Waals surface area contributed by atoms with Gasteiger partial charge in [-0.3, -0.25) is 0 Å². The topological polar surface area (TPSA) is 24.1 Å². The molecule has 2 aliphatic carbocycles. The largest absolute Gasteiger partial charge is 0.388 e. The number of anilines is 2. The SMILES string of the molecule is C/C=C\c1ccc(NC)c2ccc3ccc(NC4C=CC=CC4C4=CCC(C)(c5ccccc5)C=C4)cc3c12. The molecule has 3 atom stereocenters. The molecular weight excluding hydrogens is 472 g/mol. The van der Waals surface area contributed by atoms with E-state index in [-0.39, 0.29) is 17.4 Å². The highest BCUT2D eigenvalue weighted by molar-refractivity contribution is 6.15. The van der Waals surface area contributed by atoms with Gasteiger partial charge >= 0.3 is 0 Å². The van der Waals surface area contributed by atoms with Crippen LogP contribution >= 0.6 is 0 Å². The molecule has 0 spiro atoms. The Bertz CT molecular complexity index is 1670. The van der Waals surface area contributed by atoms with Crippen LogP contribution in [0.1, 0.15) is 31.4 Å². The number of hydrogen-bond donors (Lipinski definition) is 2. The Morgan fingerprint density at radius 3 is 2.49 bits per heavy atom. The molecule has 0 aliphatic heterocycles. The summed E-state index contributed by atoms with van der Waals surface area (Å²) in [5.74, 6) is 0.282. The van der Waals surface area contributed by atoms with Gasteiger partial charge in [0.05, 0.1) is 6.04 Å². The monoisotopic (exact) mass is 508 g/mol. The molecule has 39 heavy (non-hydrogen) atoms. The summed E-state index contributed by atoms with van der Waals surface area (Å²) >= 11 is 0. The van der Waals surface area contributed by atoms with Crippen molar-refractivity contribution in [1.29, 1.82) is 0 Å². The maximum Gasteiger partial charge on any atom is 0.0550 e. The van der Waals surface area contributed by atoms with E-state index in [0.717, 1.165) is 17.8 Å². The van der Waals surface area contributed by atoms with Gasteiger partial charge in [-0.15, -0.1) is 0 Å². The van der Waals surface area contributed by atoms with Gasteiger partial charge in [0.15, 0.2) is 0 Å². The van der Waals surface area contributed by atoms with Gasteiger partial charge in [-0.05, 0) is 64.4 Å². The second kappa shape index (κ2) is 10.5. The van der Waals surface area contributed by atoms with Gasteiger partial charge in [-0.1, -0.05) is 116 Å². The van der Waals surface area contributed by atoms with E-state index in [2.05, 4.69) is 152 Å². The lowest BCUT2D eigenvalue weighted by Crippen LogP contribution is -2.30. The lowest BCUT2D eigenvalue weighted by Gasteiger charge is -2.33. The van der Waals surface area contributed by atoms with Crippen LogP contribution < -0.4 is 10.6 Å². The van der Waals surface area contributed by atoms with E-state index in [1.165, 1.54) is 38.2 Å².